The second-order valence-electron chi connectivity index (χ2n) is 6.73. The Morgan fingerprint density at radius 1 is 1.41 bits per heavy atom. The lowest BCUT2D eigenvalue weighted by Gasteiger charge is -2.23. The monoisotopic (exact) mass is 377 g/mol. The van der Waals surface area contributed by atoms with Gasteiger partial charge in [0.05, 0.1) is 13.2 Å². The third kappa shape index (κ3) is 5.29. The van der Waals surface area contributed by atoms with Gasteiger partial charge >= 0.3 is 0 Å². The number of benzene rings is 1. The van der Waals surface area contributed by atoms with E-state index in [1.807, 2.05) is 26.8 Å². The quantitative estimate of drug-likeness (QED) is 0.714. The molecule has 0 aromatic heterocycles. The van der Waals surface area contributed by atoms with E-state index < -0.39 is 5.82 Å². The van der Waals surface area contributed by atoms with Crippen LogP contribution in [0.4, 0.5) is 4.39 Å². The summed E-state index contributed by atoms with van der Waals surface area (Å²) in [5, 5.41) is 5.82. The number of hydrogen-bond acceptors (Lipinski definition) is 4. The van der Waals surface area contributed by atoms with Gasteiger partial charge in [0.15, 0.2) is 11.6 Å². The Bertz CT molecular complexity index is 720. The molecular weight excluding hydrogens is 349 g/mol. The molecule has 2 N–H and O–H groups in total. The molecule has 0 radical (unpaired) electrons. The number of nitrogens with zero attached hydrogens (tertiary/aromatic N) is 1. The smallest absolute Gasteiger partial charge is 0.251 e. The molecule has 1 aromatic carbocycles. The summed E-state index contributed by atoms with van der Waals surface area (Å²) in [5.41, 5.74) is 1.49. The van der Waals surface area contributed by atoms with Gasteiger partial charge in [0.25, 0.3) is 5.91 Å². The first kappa shape index (κ1) is 20.9. The molecule has 27 heavy (non-hydrogen) atoms. The zero-order chi connectivity index (χ0) is 20.0. The Labute approximate surface area is 159 Å². The molecular formula is C20H28FN3O3. The third-order valence-electron chi connectivity index (χ3n) is 4.75. The van der Waals surface area contributed by atoms with Crippen LogP contribution in [-0.2, 0) is 4.79 Å². The maximum absolute atomic E-state index is 13.5. The Hall–Kier alpha value is -2.41. The highest BCUT2D eigenvalue weighted by molar-refractivity contribution is 5.95. The van der Waals surface area contributed by atoms with Gasteiger partial charge in [-0.05, 0) is 45.4 Å². The minimum Gasteiger partial charge on any atom is -0.494 e. The molecule has 0 saturated carbocycles. The van der Waals surface area contributed by atoms with Crippen molar-refractivity contribution < 1.29 is 18.7 Å². The van der Waals surface area contributed by atoms with E-state index in [1.165, 1.54) is 30.9 Å². The number of methoxy groups -OCH3 is 1. The van der Waals surface area contributed by atoms with Crippen LogP contribution in [0.1, 0.15) is 37.6 Å². The lowest BCUT2D eigenvalue weighted by molar-refractivity contribution is -0.125. The SMILES string of the molecule is C/C=C(\C)CN1C[C@@H](NC(=O)c2ccc(F)c(OC)c2)C[C@H]1C(=O)NCC. The van der Waals surface area contributed by atoms with Gasteiger partial charge in [0.2, 0.25) is 5.91 Å². The predicted molar refractivity (Wildman–Crippen MR) is 102 cm³/mol. The van der Waals surface area contributed by atoms with Crippen molar-refractivity contribution in [2.45, 2.75) is 39.3 Å². The van der Waals surface area contributed by atoms with E-state index in [0.29, 0.717) is 31.6 Å². The zero-order valence-electron chi connectivity index (χ0n) is 16.3. The second-order valence-corrected chi connectivity index (χ2v) is 6.73. The van der Waals surface area contributed by atoms with E-state index >= 15 is 0 Å². The number of hydrogen-bond donors (Lipinski definition) is 2. The maximum Gasteiger partial charge on any atom is 0.251 e. The molecule has 0 unspecified atom stereocenters. The van der Waals surface area contributed by atoms with Gasteiger partial charge in [0, 0.05) is 31.2 Å². The number of carbonyl (C=O) groups is 2. The topological polar surface area (TPSA) is 70.7 Å². The zero-order valence-corrected chi connectivity index (χ0v) is 16.3. The Morgan fingerprint density at radius 2 is 2.15 bits per heavy atom. The molecule has 148 valence electrons. The molecule has 6 nitrogen and oxygen atoms in total. The van der Waals surface area contributed by atoms with Crippen molar-refractivity contribution in [1.82, 2.24) is 15.5 Å². The van der Waals surface area contributed by atoms with Crippen molar-refractivity contribution in [3.63, 3.8) is 0 Å². The van der Waals surface area contributed by atoms with Crippen molar-refractivity contribution in [3.05, 3.63) is 41.2 Å². The third-order valence-corrected chi connectivity index (χ3v) is 4.75. The molecule has 0 spiro atoms. The van der Waals surface area contributed by atoms with Crippen molar-refractivity contribution in [1.29, 1.82) is 0 Å². The minimum absolute atomic E-state index is 0.0263. The number of rotatable bonds is 7. The van der Waals surface area contributed by atoms with Gasteiger partial charge in [0.1, 0.15) is 0 Å². The van der Waals surface area contributed by atoms with E-state index in [2.05, 4.69) is 15.5 Å². The number of amides is 2. The van der Waals surface area contributed by atoms with Crippen LogP contribution in [-0.4, -0.2) is 55.5 Å². The van der Waals surface area contributed by atoms with Gasteiger partial charge in [-0.2, -0.15) is 0 Å². The number of ether oxygens (including phenoxy) is 1. The fourth-order valence-corrected chi connectivity index (χ4v) is 3.23. The normalized spacial score (nSPS) is 20.4. The van der Waals surface area contributed by atoms with E-state index in [9.17, 15) is 14.0 Å². The molecule has 0 aliphatic carbocycles. The molecule has 1 aliphatic heterocycles. The van der Waals surface area contributed by atoms with Crippen molar-refractivity contribution in [2.75, 3.05) is 26.7 Å². The first-order chi connectivity index (χ1) is 12.9. The molecule has 1 heterocycles. The fraction of sp³-hybridized carbons (Fsp3) is 0.500. The Kier molecular flexibility index (Phi) is 7.36. The molecule has 1 aromatic rings. The molecule has 1 aliphatic rings. The maximum atomic E-state index is 13.5. The van der Waals surface area contributed by atoms with Gasteiger partial charge in [-0.15, -0.1) is 0 Å². The molecule has 2 amide bonds. The van der Waals surface area contributed by atoms with Crippen LogP contribution in [0.3, 0.4) is 0 Å². The van der Waals surface area contributed by atoms with Gasteiger partial charge < -0.3 is 15.4 Å². The Morgan fingerprint density at radius 3 is 2.78 bits per heavy atom. The predicted octanol–water partition coefficient (Wildman–Crippen LogP) is 2.11. The molecule has 1 fully saturated rings. The largest absolute Gasteiger partial charge is 0.494 e. The van der Waals surface area contributed by atoms with Crippen LogP contribution >= 0.6 is 0 Å². The highest BCUT2D eigenvalue weighted by atomic mass is 19.1. The standard InChI is InChI=1S/C20H28FN3O3/c1-5-13(3)11-24-12-15(10-17(24)20(26)22-6-2)23-19(25)14-7-8-16(21)18(9-14)27-4/h5,7-9,15,17H,6,10-12H2,1-4H3,(H,22,26)(H,23,25)/b13-5+/t15-,17-/m0/s1. The summed E-state index contributed by atoms with van der Waals surface area (Å²) in [5.74, 6) is -0.821. The summed E-state index contributed by atoms with van der Waals surface area (Å²) < 4.78 is 18.5. The summed E-state index contributed by atoms with van der Waals surface area (Å²) in [4.78, 5) is 27.0. The molecule has 2 atom stereocenters. The van der Waals surface area contributed by atoms with Gasteiger partial charge in [-0.3, -0.25) is 14.5 Å². The van der Waals surface area contributed by atoms with Crippen LogP contribution < -0.4 is 15.4 Å². The number of likely N-dealkylation sites (tertiary alicyclic amines) is 1. The lowest BCUT2D eigenvalue weighted by atomic mass is 10.1. The van der Waals surface area contributed by atoms with Crippen molar-refractivity contribution in [3.8, 4) is 5.75 Å². The summed E-state index contributed by atoms with van der Waals surface area (Å²) in [6, 6.07) is 3.56. The number of nitrogens with one attached hydrogen (secondary N) is 2. The summed E-state index contributed by atoms with van der Waals surface area (Å²) in [6.07, 6.45) is 2.55. The lowest BCUT2D eigenvalue weighted by Crippen LogP contribution is -2.43. The minimum atomic E-state index is -0.515. The van der Waals surface area contributed by atoms with Crippen molar-refractivity contribution >= 4 is 11.8 Å². The van der Waals surface area contributed by atoms with Crippen LogP contribution in [0.15, 0.2) is 29.8 Å². The summed E-state index contributed by atoms with van der Waals surface area (Å²) >= 11 is 0. The highest BCUT2D eigenvalue weighted by Gasteiger charge is 2.37. The number of carbonyl (C=O) groups excluding carboxylic acids is 2. The first-order valence-corrected chi connectivity index (χ1v) is 9.17. The Balaban J connectivity index is 2.09. The average molecular weight is 377 g/mol. The van der Waals surface area contributed by atoms with Crippen LogP contribution in [0.2, 0.25) is 0 Å². The first-order valence-electron chi connectivity index (χ1n) is 9.17. The number of allylic oxidation sites excluding steroid dienone is 1. The summed E-state index contributed by atoms with van der Waals surface area (Å²) in [7, 11) is 1.36. The average Bonchev–Trinajstić information content (AvgIpc) is 3.04. The molecule has 2 rings (SSSR count). The van der Waals surface area contributed by atoms with Crippen LogP contribution in [0.5, 0.6) is 5.75 Å². The molecule has 1 saturated heterocycles. The molecule has 0 bridgehead atoms. The van der Waals surface area contributed by atoms with Crippen LogP contribution in [0.25, 0.3) is 0 Å². The summed E-state index contributed by atoms with van der Waals surface area (Å²) in [6.45, 7) is 7.69. The second kappa shape index (κ2) is 9.50. The number of likely N-dealkylation sites (N-methyl/N-ethyl adjacent to an activating group) is 1. The fourth-order valence-electron chi connectivity index (χ4n) is 3.23. The van der Waals surface area contributed by atoms with E-state index in [0.717, 1.165) is 0 Å². The van der Waals surface area contributed by atoms with Gasteiger partial charge in [-0.25, -0.2) is 4.39 Å². The highest BCUT2D eigenvalue weighted by Crippen LogP contribution is 2.22. The van der Waals surface area contributed by atoms with Crippen LogP contribution in [0, 0.1) is 5.82 Å². The van der Waals surface area contributed by atoms with Gasteiger partial charge in [-0.1, -0.05) is 11.6 Å². The van der Waals surface area contributed by atoms with Crippen molar-refractivity contribution in [2.24, 2.45) is 0 Å². The van der Waals surface area contributed by atoms with E-state index in [1.54, 1.807) is 0 Å². The molecule has 7 heteroatoms. The van der Waals surface area contributed by atoms with E-state index in [4.69, 9.17) is 4.74 Å². The van der Waals surface area contributed by atoms with E-state index in [-0.39, 0.29) is 29.6 Å². The number of halogens is 1.